The Labute approximate surface area is 122 Å². The molecule has 0 atom stereocenters. The van der Waals surface area contributed by atoms with Crippen molar-refractivity contribution in [2.45, 2.75) is 11.8 Å². The summed E-state index contributed by atoms with van der Waals surface area (Å²) in [7, 11) is -3.68. The maximum absolute atomic E-state index is 12.1. The van der Waals surface area contributed by atoms with E-state index in [2.05, 4.69) is 10.0 Å². The summed E-state index contributed by atoms with van der Waals surface area (Å²) in [5, 5.41) is 12.9. The first kappa shape index (κ1) is 15.4. The van der Waals surface area contributed by atoms with Crippen LogP contribution in [0.3, 0.4) is 0 Å². The van der Waals surface area contributed by atoms with Gasteiger partial charge in [0.05, 0.1) is 11.5 Å². The van der Waals surface area contributed by atoms with Gasteiger partial charge in [0.15, 0.2) is 0 Å². The SMILES string of the molecule is CC(=O)Nc1cccc2ccc(S(=O)(=O)NCCO)cc12. The van der Waals surface area contributed by atoms with E-state index in [-0.39, 0.29) is 24.0 Å². The normalized spacial score (nSPS) is 11.5. The highest BCUT2D eigenvalue weighted by Gasteiger charge is 2.14. The first-order chi connectivity index (χ1) is 9.94. The van der Waals surface area contributed by atoms with Crippen LogP contribution >= 0.6 is 0 Å². The molecule has 0 aliphatic heterocycles. The maximum atomic E-state index is 12.1. The van der Waals surface area contributed by atoms with Crippen molar-refractivity contribution >= 4 is 32.4 Å². The topological polar surface area (TPSA) is 95.5 Å². The summed E-state index contributed by atoms with van der Waals surface area (Å²) in [4.78, 5) is 11.3. The van der Waals surface area contributed by atoms with Crippen molar-refractivity contribution in [1.82, 2.24) is 4.72 Å². The Morgan fingerprint density at radius 1 is 1.24 bits per heavy atom. The van der Waals surface area contributed by atoms with E-state index in [0.29, 0.717) is 11.1 Å². The lowest BCUT2D eigenvalue weighted by Gasteiger charge is -2.10. The highest BCUT2D eigenvalue weighted by Crippen LogP contribution is 2.26. The minimum Gasteiger partial charge on any atom is -0.395 e. The molecule has 1 amide bonds. The zero-order chi connectivity index (χ0) is 15.5. The number of benzene rings is 2. The van der Waals surface area contributed by atoms with Crippen LogP contribution in [0.1, 0.15) is 6.92 Å². The van der Waals surface area contributed by atoms with E-state index in [1.807, 2.05) is 6.07 Å². The molecular weight excluding hydrogens is 292 g/mol. The molecule has 112 valence electrons. The first-order valence-electron chi connectivity index (χ1n) is 6.35. The Morgan fingerprint density at radius 2 is 2.00 bits per heavy atom. The first-order valence-corrected chi connectivity index (χ1v) is 7.83. The van der Waals surface area contributed by atoms with Gasteiger partial charge in [-0.25, -0.2) is 13.1 Å². The van der Waals surface area contributed by atoms with Crippen LogP contribution in [0.4, 0.5) is 5.69 Å². The molecule has 0 aliphatic rings. The van der Waals surface area contributed by atoms with Gasteiger partial charge in [0.25, 0.3) is 0 Å². The quantitative estimate of drug-likeness (QED) is 0.770. The fraction of sp³-hybridized carbons (Fsp3) is 0.214. The predicted molar refractivity (Wildman–Crippen MR) is 80.5 cm³/mol. The Morgan fingerprint density at radius 3 is 2.67 bits per heavy atom. The Bertz CT molecular complexity index is 772. The van der Waals surface area contributed by atoms with Crippen LogP contribution in [0.5, 0.6) is 0 Å². The smallest absolute Gasteiger partial charge is 0.240 e. The standard InChI is InChI=1S/C14H16N2O4S/c1-10(18)16-14-4-2-3-11-5-6-12(9-13(11)14)21(19,20)15-7-8-17/h2-6,9,15,17H,7-8H2,1H3,(H,16,18). The number of nitrogens with one attached hydrogen (secondary N) is 2. The van der Waals surface area contributed by atoms with E-state index in [1.54, 1.807) is 18.2 Å². The van der Waals surface area contributed by atoms with Crippen LogP contribution in [-0.2, 0) is 14.8 Å². The van der Waals surface area contributed by atoms with Crippen LogP contribution < -0.4 is 10.0 Å². The highest BCUT2D eigenvalue weighted by atomic mass is 32.2. The van der Waals surface area contributed by atoms with Gasteiger partial charge in [0.1, 0.15) is 0 Å². The number of rotatable bonds is 5. The number of aliphatic hydroxyl groups excluding tert-OH is 1. The maximum Gasteiger partial charge on any atom is 0.240 e. The summed E-state index contributed by atoms with van der Waals surface area (Å²) in [5.41, 5.74) is 0.555. The number of carbonyl (C=O) groups excluding carboxylic acids is 1. The Kier molecular flexibility index (Phi) is 4.56. The van der Waals surface area contributed by atoms with Crippen molar-refractivity contribution < 1.29 is 18.3 Å². The largest absolute Gasteiger partial charge is 0.395 e. The fourth-order valence-electron chi connectivity index (χ4n) is 1.98. The Balaban J connectivity index is 2.51. The van der Waals surface area contributed by atoms with Gasteiger partial charge in [-0.15, -0.1) is 0 Å². The van der Waals surface area contributed by atoms with Gasteiger partial charge in [-0.05, 0) is 23.6 Å². The zero-order valence-electron chi connectivity index (χ0n) is 11.5. The molecule has 21 heavy (non-hydrogen) atoms. The van der Waals surface area contributed by atoms with Gasteiger partial charge in [-0.3, -0.25) is 4.79 Å². The van der Waals surface area contributed by atoms with E-state index in [9.17, 15) is 13.2 Å². The molecule has 0 saturated heterocycles. The fourth-order valence-corrected chi connectivity index (χ4v) is 3.03. The lowest BCUT2D eigenvalue weighted by molar-refractivity contribution is -0.114. The third kappa shape index (κ3) is 3.57. The highest BCUT2D eigenvalue weighted by molar-refractivity contribution is 7.89. The van der Waals surface area contributed by atoms with Crippen molar-refractivity contribution in [3.63, 3.8) is 0 Å². The third-order valence-corrected chi connectivity index (χ3v) is 4.34. The molecule has 0 bridgehead atoms. The van der Waals surface area contributed by atoms with Crippen molar-refractivity contribution in [3.8, 4) is 0 Å². The average Bonchev–Trinajstić information content (AvgIpc) is 2.44. The van der Waals surface area contributed by atoms with Crippen molar-refractivity contribution in [2.75, 3.05) is 18.5 Å². The van der Waals surface area contributed by atoms with Crippen molar-refractivity contribution in [3.05, 3.63) is 36.4 Å². The zero-order valence-corrected chi connectivity index (χ0v) is 12.3. The van der Waals surface area contributed by atoms with Crippen molar-refractivity contribution in [1.29, 1.82) is 0 Å². The molecule has 0 unspecified atom stereocenters. The number of sulfonamides is 1. The second kappa shape index (κ2) is 6.21. The summed E-state index contributed by atoms with van der Waals surface area (Å²) in [6.45, 7) is 1.07. The van der Waals surface area contributed by atoms with E-state index in [4.69, 9.17) is 5.11 Å². The molecule has 0 spiro atoms. The molecule has 0 saturated carbocycles. The van der Waals surface area contributed by atoms with Crippen LogP contribution in [0.15, 0.2) is 41.3 Å². The number of fused-ring (bicyclic) bond motifs is 1. The van der Waals surface area contributed by atoms with Crippen LogP contribution in [0.25, 0.3) is 10.8 Å². The number of anilines is 1. The van der Waals surface area contributed by atoms with Crippen LogP contribution in [0, 0.1) is 0 Å². The molecule has 0 aromatic heterocycles. The van der Waals surface area contributed by atoms with E-state index >= 15 is 0 Å². The minimum atomic E-state index is -3.68. The lowest BCUT2D eigenvalue weighted by atomic mass is 10.1. The number of hydrogen-bond acceptors (Lipinski definition) is 4. The molecule has 2 rings (SSSR count). The summed E-state index contributed by atoms with van der Waals surface area (Å²) in [6.07, 6.45) is 0. The summed E-state index contributed by atoms with van der Waals surface area (Å²) < 4.78 is 26.4. The average molecular weight is 308 g/mol. The van der Waals surface area contributed by atoms with Gasteiger partial charge in [0, 0.05) is 24.5 Å². The molecule has 6 nitrogen and oxygen atoms in total. The van der Waals surface area contributed by atoms with Crippen LogP contribution in [0.2, 0.25) is 0 Å². The summed E-state index contributed by atoms with van der Waals surface area (Å²) in [5.74, 6) is -0.228. The molecule has 2 aromatic rings. The molecular formula is C14H16N2O4S. The van der Waals surface area contributed by atoms with E-state index in [0.717, 1.165) is 5.39 Å². The number of amides is 1. The number of aliphatic hydroxyl groups is 1. The van der Waals surface area contributed by atoms with Gasteiger partial charge in [-0.1, -0.05) is 18.2 Å². The second-order valence-corrected chi connectivity index (χ2v) is 6.26. The van der Waals surface area contributed by atoms with E-state index < -0.39 is 10.0 Å². The molecule has 0 radical (unpaired) electrons. The second-order valence-electron chi connectivity index (χ2n) is 4.49. The van der Waals surface area contributed by atoms with Gasteiger partial charge >= 0.3 is 0 Å². The molecule has 0 heterocycles. The molecule has 7 heteroatoms. The van der Waals surface area contributed by atoms with Crippen LogP contribution in [-0.4, -0.2) is 32.6 Å². The predicted octanol–water partition coefficient (Wildman–Crippen LogP) is 1.07. The minimum absolute atomic E-state index is 0.0479. The monoisotopic (exact) mass is 308 g/mol. The molecule has 0 aliphatic carbocycles. The Hall–Kier alpha value is -1.96. The van der Waals surface area contributed by atoms with Gasteiger partial charge in [0.2, 0.25) is 15.9 Å². The van der Waals surface area contributed by atoms with Crippen molar-refractivity contribution in [2.24, 2.45) is 0 Å². The van der Waals surface area contributed by atoms with E-state index in [1.165, 1.54) is 19.1 Å². The van der Waals surface area contributed by atoms with Gasteiger partial charge in [-0.2, -0.15) is 0 Å². The molecule has 3 N–H and O–H groups in total. The summed E-state index contributed by atoms with van der Waals surface area (Å²) in [6, 6.07) is 9.99. The van der Waals surface area contributed by atoms with Gasteiger partial charge < -0.3 is 10.4 Å². The third-order valence-electron chi connectivity index (χ3n) is 2.88. The summed E-state index contributed by atoms with van der Waals surface area (Å²) >= 11 is 0. The number of carbonyl (C=O) groups is 1. The lowest BCUT2D eigenvalue weighted by Crippen LogP contribution is -2.26. The molecule has 0 fully saturated rings. The number of hydrogen-bond donors (Lipinski definition) is 3. The molecule has 2 aromatic carbocycles.